The van der Waals surface area contributed by atoms with Crippen molar-refractivity contribution in [2.45, 2.75) is 25.3 Å². The third-order valence-corrected chi connectivity index (χ3v) is 3.86. The van der Waals surface area contributed by atoms with Gasteiger partial charge in [-0.05, 0) is 57.6 Å². The van der Waals surface area contributed by atoms with Gasteiger partial charge >= 0.3 is 0 Å². The summed E-state index contributed by atoms with van der Waals surface area (Å²) in [7, 11) is 4.36. The van der Waals surface area contributed by atoms with E-state index in [2.05, 4.69) is 48.2 Å². The first kappa shape index (κ1) is 13.4. The lowest BCUT2D eigenvalue weighted by Gasteiger charge is -2.37. The van der Waals surface area contributed by atoms with Gasteiger partial charge in [0, 0.05) is 24.8 Å². The normalized spacial score (nSPS) is 20.4. The van der Waals surface area contributed by atoms with Crippen LogP contribution in [0.1, 0.15) is 18.4 Å². The van der Waals surface area contributed by atoms with Gasteiger partial charge in [0.1, 0.15) is 0 Å². The minimum atomic E-state index is 0.683. The summed E-state index contributed by atoms with van der Waals surface area (Å²) in [4.78, 5) is 4.84. The third kappa shape index (κ3) is 3.24. The third-order valence-electron chi connectivity index (χ3n) is 3.86. The molecule has 0 radical (unpaired) electrons. The van der Waals surface area contributed by atoms with Gasteiger partial charge < -0.3 is 15.5 Å². The molecule has 0 bridgehead atoms. The maximum Gasteiger partial charge on any atom is 0.0366 e. The number of benzene rings is 1. The summed E-state index contributed by atoms with van der Waals surface area (Å²) in [6.07, 6.45) is 3.57. The van der Waals surface area contributed by atoms with E-state index >= 15 is 0 Å². The molecule has 3 heteroatoms. The molecule has 3 nitrogen and oxygen atoms in total. The number of likely N-dealkylation sites (N-methyl/N-ethyl adjacent to an activating group) is 1. The number of hydrogen-bond acceptors (Lipinski definition) is 3. The standard InChI is InChI=1S/C15H25N3/c1-17(2)15-4-3-11-18(12-15)14-7-5-13(6-8-14)9-10-16/h5-8,15H,3-4,9-12,16H2,1-2H3. The second-order valence-electron chi connectivity index (χ2n) is 5.41. The molecule has 1 unspecified atom stereocenters. The molecule has 1 aliphatic rings. The molecular weight excluding hydrogens is 222 g/mol. The minimum absolute atomic E-state index is 0.683. The molecule has 100 valence electrons. The Morgan fingerprint density at radius 1 is 1.28 bits per heavy atom. The van der Waals surface area contributed by atoms with Gasteiger partial charge in [-0.1, -0.05) is 12.1 Å². The van der Waals surface area contributed by atoms with Crippen LogP contribution in [0.4, 0.5) is 5.69 Å². The van der Waals surface area contributed by atoms with E-state index in [9.17, 15) is 0 Å². The Kier molecular flexibility index (Phi) is 4.61. The molecule has 0 aromatic heterocycles. The molecule has 2 rings (SSSR count). The molecule has 2 N–H and O–H groups in total. The van der Waals surface area contributed by atoms with Crippen LogP contribution in [-0.2, 0) is 6.42 Å². The van der Waals surface area contributed by atoms with Gasteiger partial charge in [0.15, 0.2) is 0 Å². The number of nitrogens with two attached hydrogens (primary N) is 1. The zero-order chi connectivity index (χ0) is 13.0. The van der Waals surface area contributed by atoms with E-state index < -0.39 is 0 Å². The Morgan fingerprint density at radius 3 is 2.61 bits per heavy atom. The van der Waals surface area contributed by atoms with Crippen LogP contribution >= 0.6 is 0 Å². The van der Waals surface area contributed by atoms with Crippen LogP contribution in [0.2, 0.25) is 0 Å². The summed E-state index contributed by atoms with van der Waals surface area (Å²) in [5.74, 6) is 0. The second-order valence-corrected chi connectivity index (χ2v) is 5.41. The van der Waals surface area contributed by atoms with Gasteiger partial charge in [0.2, 0.25) is 0 Å². The first-order chi connectivity index (χ1) is 8.70. The summed E-state index contributed by atoms with van der Waals surface area (Å²) >= 11 is 0. The van der Waals surface area contributed by atoms with Crippen LogP contribution in [0.5, 0.6) is 0 Å². The van der Waals surface area contributed by atoms with Crippen molar-refractivity contribution in [2.24, 2.45) is 5.73 Å². The van der Waals surface area contributed by atoms with Crippen molar-refractivity contribution in [1.82, 2.24) is 4.90 Å². The van der Waals surface area contributed by atoms with E-state index in [-0.39, 0.29) is 0 Å². The average molecular weight is 247 g/mol. The van der Waals surface area contributed by atoms with E-state index in [0.29, 0.717) is 6.04 Å². The highest BCUT2D eigenvalue weighted by Crippen LogP contribution is 2.22. The summed E-state index contributed by atoms with van der Waals surface area (Å²) < 4.78 is 0. The lowest BCUT2D eigenvalue weighted by Crippen LogP contribution is -2.45. The maximum absolute atomic E-state index is 5.58. The largest absolute Gasteiger partial charge is 0.370 e. The summed E-state index contributed by atoms with van der Waals surface area (Å²) in [6.45, 7) is 3.05. The van der Waals surface area contributed by atoms with Gasteiger partial charge in [-0.15, -0.1) is 0 Å². The quantitative estimate of drug-likeness (QED) is 0.879. The zero-order valence-corrected chi connectivity index (χ0v) is 11.6. The molecule has 1 aromatic carbocycles. The second kappa shape index (κ2) is 6.21. The number of piperidine rings is 1. The number of anilines is 1. The molecular formula is C15H25N3. The smallest absolute Gasteiger partial charge is 0.0366 e. The zero-order valence-electron chi connectivity index (χ0n) is 11.6. The van der Waals surface area contributed by atoms with Crippen LogP contribution in [0.15, 0.2) is 24.3 Å². The van der Waals surface area contributed by atoms with Crippen LogP contribution in [0.25, 0.3) is 0 Å². The SMILES string of the molecule is CN(C)C1CCCN(c2ccc(CCN)cc2)C1. The van der Waals surface area contributed by atoms with Crippen molar-refractivity contribution in [3.05, 3.63) is 29.8 Å². The summed E-state index contributed by atoms with van der Waals surface area (Å²) in [6, 6.07) is 9.58. The van der Waals surface area contributed by atoms with Crippen molar-refractivity contribution < 1.29 is 0 Å². The van der Waals surface area contributed by atoms with Crippen LogP contribution in [0, 0.1) is 0 Å². The van der Waals surface area contributed by atoms with Gasteiger partial charge in [-0.25, -0.2) is 0 Å². The van der Waals surface area contributed by atoms with Gasteiger partial charge in [-0.2, -0.15) is 0 Å². The Bertz CT molecular complexity index is 359. The Labute approximate surface area is 111 Å². The van der Waals surface area contributed by atoms with Gasteiger partial charge in [0.05, 0.1) is 0 Å². The van der Waals surface area contributed by atoms with Crippen molar-refractivity contribution in [3.8, 4) is 0 Å². The molecule has 1 fully saturated rings. The number of hydrogen-bond donors (Lipinski definition) is 1. The molecule has 1 aliphatic heterocycles. The molecule has 1 saturated heterocycles. The molecule has 0 spiro atoms. The van der Waals surface area contributed by atoms with Crippen LogP contribution < -0.4 is 10.6 Å². The molecule has 18 heavy (non-hydrogen) atoms. The predicted molar refractivity (Wildman–Crippen MR) is 78.1 cm³/mol. The average Bonchev–Trinajstić information content (AvgIpc) is 2.40. The number of rotatable bonds is 4. The van der Waals surface area contributed by atoms with Gasteiger partial charge in [-0.3, -0.25) is 0 Å². The van der Waals surface area contributed by atoms with Crippen LogP contribution in [-0.4, -0.2) is 44.7 Å². The lowest BCUT2D eigenvalue weighted by molar-refractivity contribution is 0.258. The van der Waals surface area contributed by atoms with E-state index in [0.717, 1.165) is 19.5 Å². The molecule has 0 amide bonds. The Balaban J connectivity index is 2.02. The van der Waals surface area contributed by atoms with E-state index in [1.54, 1.807) is 0 Å². The fraction of sp³-hybridized carbons (Fsp3) is 0.600. The first-order valence-corrected chi connectivity index (χ1v) is 6.91. The maximum atomic E-state index is 5.58. The minimum Gasteiger partial charge on any atom is -0.370 e. The highest BCUT2D eigenvalue weighted by atomic mass is 15.2. The van der Waals surface area contributed by atoms with Crippen molar-refractivity contribution >= 4 is 5.69 Å². The van der Waals surface area contributed by atoms with E-state index in [1.165, 1.54) is 30.6 Å². The lowest BCUT2D eigenvalue weighted by atomic mass is 10.0. The topological polar surface area (TPSA) is 32.5 Å². The molecule has 0 aliphatic carbocycles. The van der Waals surface area contributed by atoms with E-state index in [4.69, 9.17) is 5.73 Å². The Morgan fingerprint density at radius 2 is 2.00 bits per heavy atom. The van der Waals surface area contributed by atoms with Crippen molar-refractivity contribution in [1.29, 1.82) is 0 Å². The van der Waals surface area contributed by atoms with Crippen molar-refractivity contribution in [3.63, 3.8) is 0 Å². The molecule has 0 saturated carbocycles. The molecule has 1 aromatic rings. The molecule has 1 heterocycles. The molecule has 1 atom stereocenters. The Hall–Kier alpha value is -1.06. The van der Waals surface area contributed by atoms with Gasteiger partial charge in [0.25, 0.3) is 0 Å². The highest BCUT2D eigenvalue weighted by molar-refractivity contribution is 5.48. The monoisotopic (exact) mass is 247 g/mol. The first-order valence-electron chi connectivity index (χ1n) is 6.91. The fourth-order valence-electron chi connectivity index (χ4n) is 2.65. The summed E-state index contributed by atoms with van der Waals surface area (Å²) in [5, 5.41) is 0. The number of nitrogens with zero attached hydrogens (tertiary/aromatic N) is 2. The van der Waals surface area contributed by atoms with E-state index in [1.807, 2.05) is 0 Å². The summed E-state index contributed by atoms with van der Waals surface area (Å²) in [5.41, 5.74) is 8.26. The fourth-order valence-corrected chi connectivity index (χ4v) is 2.65. The van der Waals surface area contributed by atoms with Crippen LogP contribution in [0.3, 0.4) is 0 Å². The van der Waals surface area contributed by atoms with Crippen molar-refractivity contribution in [2.75, 3.05) is 38.6 Å². The highest BCUT2D eigenvalue weighted by Gasteiger charge is 2.21. The predicted octanol–water partition coefficient (Wildman–Crippen LogP) is 1.72.